The van der Waals surface area contributed by atoms with Gasteiger partial charge in [-0.3, -0.25) is 14.4 Å². The fourth-order valence-corrected chi connectivity index (χ4v) is 10.7. The molecule has 0 rings (SSSR count). The van der Waals surface area contributed by atoms with E-state index >= 15 is 0 Å². The lowest BCUT2D eigenvalue weighted by Gasteiger charge is -2.18. The number of allylic oxidation sites excluding steroid dienone is 4. The van der Waals surface area contributed by atoms with Crippen molar-refractivity contribution in [3.63, 3.8) is 0 Å². The molecule has 1 unspecified atom stereocenters. The molecular weight excluding hydrogens is 949 g/mol. The first-order chi connectivity index (χ1) is 38.0. The molecule has 0 aromatic carbocycles. The molecule has 454 valence electrons. The van der Waals surface area contributed by atoms with Crippen LogP contribution in [0.25, 0.3) is 0 Å². The smallest absolute Gasteiger partial charge is 0.306 e. The van der Waals surface area contributed by atoms with Gasteiger partial charge in [0.15, 0.2) is 6.10 Å². The van der Waals surface area contributed by atoms with Crippen molar-refractivity contribution in [2.75, 3.05) is 13.2 Å². The van der Waals surface area contributed by atoms with Crippen LogP contribution in [0.1, 0.15) is 393 Å². The Hall–Kier alpha value is -2.11. The summed E-state index contributed by atoms with van der Waals surface area (Å²) >= 11 is 0. The quantitative estimate of drug-likeness (QED) is 0.0261. The van der Waals surface area contributed by atoms with Crippen molar-refractivity contribution in [1.29, 1.82) is 0 Å². The molecule has 0 aliphatic carbocycles. The second-order valence-electron chi connectivity index (χ2n) is 23.8. The topological polar surface area (TPSA) is 78.9 Å². The third kappa shape index (κ3) is 64.6. The largest absolute Gasteiger partial charge is 0.462 e. The van der Waals surface area contributed by atoms with E-state index in [1.807, 2.05) is 0 Å². The SMILES string of the molecule is CCCCCCC/C=C\CCCCCCCC(=O)OCC(COC(=O)CCCCCCCCCCCCCCCCCCC/C=C\CCCCCCCCCC)OC(=O)CCCCCCCCCCCCCCCCCC. The molecule has 0 spiro atoms. The van der Waals surface area contributed by atoms with E-state index in [2.05, 4.69) is 45.1 Å². The van der Waals surface area contributed by atoms with Crippen LogP contribution in [0, 0.1) is 0 Å². The van der Waals surface area contributed by atoms with Gasteiger partial charge in [0.1, 0.15) is 13.2 Å². The number of esters is 3. The van der Waals surface area contributed by atoms with Crippen LogP contribution < -0.4 is 0 Å². The van der Waals surface area contributed by atoms with Gasteiger partial charge in [-0.25, -0.2) is 0 Å². The zero-order chi connectivity index (χ0) is 55.7. The van der Waals surface area contributed by atoms with Gasteiger partial charge < -0.3 is 14.2 Å². The van der Waals surface area contributed by atoms with Gasteiger partial charge in [0.25, 0.3) is 0 Å². The summed E-state index contributed by atoms with van der Waals surface area (Å²) in [4.78, 5) is 38.3. The molecule has 0 aromatic rings. The fraction of sp³-hybridized carbons (Fsp3) is 0.901. The molecule has 0 bridgehead atoms. The van der Waals surface area contributed by atoms with Crippen LogP contribution >= 0.6 is 0 Å². The summed E-state index contributed by atoms with van der Waals surface area (Å²) in [6.07, 6.45) is 80.7. The van der Waals surface area contributed by atoms with Crippen molar-refractivity contribution in [3.8, 4) is 0 Å². The Kier molecular flexibility index (Phi) is 64.6. The molecule has 0 fully saturated rings. The zero-order valence-corrected chi connectivity index (χ0v) is 52.3. The molecule has 6 nitrogen and oxygen atoms in total. The minimum Gasteiger partial charge on any atom is -0.462 e. The molecule has 0 saturated carbocycles. The van der Waals surface area contributed by atoms with E-state index in [4.69, 9.17) is 14.2 Å². The van der Waals surface area contributed by atoms with Gasteiger partial charge in [-0.05, 0) is 70.6 Å². The molecule has 1 atom stereocenters. The van der Waals surface area contributed by atoms with Crippen molar-refractivity contribution in [1.82, 2.24) is 0 Å². The normalized spacial score (nSPS) is 12.1. The molecule has 0 heterocycles. The van der Waals surface area contributed by atoms with Crippen molar-refractivity contribution in [3.05, 3.63) is 24.3 Å². The molecule has 0 aliphatic heterocycles. The average molecular weight is 1080 g/mol. The zero-order valence-electron chi connectivity index (χ0n) is 52.3. The first-order valence-corrected chi connectivity index (χ1v) is 34.8. The van der Waals surface area contributed by atoms with Crippen molar-refractivity contribution in [2.45, 2.75) is 399 Å². The summed E-state index contributed by atoms with van der Waals surface area (Å²) < 4.78 is 17.0. The third-order valence-corrected chi connectivity index (χ3v) is 15.9. The van der Waals surface area contributed by atoms with Crippen molar-refractivity contribution >= 4 is 17.9 Å². The Balaban J connectivity index is 4.16. The van der Waals surface area contributed by atoms with Gasteiger partial charge in [-0.2, -0.15) is 0 Å². The molecule has 77 heavy (non-hydrogen) atoms. The van der Waals surface area contributed by atoms with E-state index in [-0.39, 0.29) is 31.1 Å². The van der Waals surface area contributed by atoms with E-state index in [1.165, 1.54) is 289 Å². The molecule has 0 saturated heterocycles. The van der Waals surface area contributed by atoms with Crippen LogP contribution in [-0.4, -0.2) is 37.2 Å². The number of hydrogen-bond acceptors (Lipinski definition) is 6. The number of rotatable bonds is 65. The number of carbonyl (C=O) groups excluding carboxylic acids is 3. The predicted octanol–water partition coefficient (Wildman–Crippen LogP) is 23.8. The maximum atomic E-state index is 12.9. The Morgan fingerprint density at radius 3 is 0.649 bits per heavy atom. The molecule has 0 N–H and O–H groups in total. The standard InChI is InChI=1S/C71H134O6/c1-4-7-10-13-16-19-22-25-28-30-31-32-33-34-35-36-37-38-39-40-41-42-44-46-49-52-55-58-61-64-70(73)76-67-68(66-75-69(72)63-60-57-54-51-48-45-27-24-21-18-15-12-9-6-3)77-71(74)65-62-59-56-53-50-47-43-29-26-23-20-17-14-11-8-5-2/h24,27,30-31,68H,4-23,25-26,28-29,32-67H2,1-3H3/b27-24-,31-30-. The van der Waals surface area contributed by atoms with Gasteiger partial charge in [0.2, 0.25) is 0 Å². The van der Waals surface area contributed by atoms with Crippen molar-refractivity contribution in [2.24, 2.45) is 0 Å². The lowest BCUT2D eigenvalue weighted by Crippen LogP contribution is -2.30. The van der Waals surface area contributed by atoms with Crippen LogP contribution in [0.2, 0.25) is 0 Å². The van der Waals surface area contributed by atoms with Crippen LogP contribution in [0.5, 0.6) is 0 Å². The summed E-state index contributed by atoms with van der Waals surface area (Å²) in [5.74, 6) is -0.846. The third-order valence-electron chi connectivity index (χ3n) is 15.9. The second kappa shape index (κ2) is 66.4. The van der Waals surface area contributed by atoms with Gasteiger partial charge in [-0.1, -0.05) is 328 Å². The summed E-state index contributed by atoms with van der Waals surface area (Å²) in [6.45, 7) is 6.70. The highest BCUT2D eigenvalue weighted by molar-refractivity contribution is 5.71. The molecule has 6 heteroatoms. The Bertz CT molecular complexity index is 1240. The van der Waals surface area contributed by atoms with Gasteiger partial charge in [0.05, 0.1) is 0 Å². The van der Waals surface area contributed by atoms with E-state index in [0.717, 1.165) is 64.2 Å². The minimum absolute atomic E-state index is 0.0676. The number of carbonyl (C=O) groups is 3. The lowest BCUT2D eigenvalue weighted by atomic mass is 10.0. The highest BCUT2D eigenvalue weighted by Gasteiger charge is 2.19. The second-order valence-corrected chi connectivity index (χ2v) is 23.8. The summed E-state index contributed by atoms with van der Waals surface area (Å²) in [7, 11) is 0. The van der Waals surface area contributed by atoms with Crippen LogP contribution in [0.15, 0.2) is 24.3 Å². The average Bonchev–Trinajstić information content (AvgIpc) is 3.43. The van der Waals surface area contributed by atoms with Crippen LogP contribution in [0.4, 0.5) is 0 Å². The Labute approximate surface area is 481 Å². The van der Waals surface area contributed by atoms with E-state index in [0.29, 0.717) is 19.3 Å². The fourth-order valence-electron chi connectivity index (χ4n) is 10.7. The first kappa shape index (κ1) is 74.9. The van der Waals surface area contributed by atoms with Gasteiger partial charge >= 0.3 is 17.9 Å². The highest BCUT2D eigenvalue weighted by atomic mass is 16.6. The molecule has 0 aromatic heterocycles. The van der Waals surface area contributed by atoms with Crippen LogP contribution in [0.3, 0.4) is 0 Å². The Morgan fingerprint density at radius 2 is 0.429 bits per heavy atom. The number of hydrogen-bond donors (Lipinski definition) is 0. The summed E-state index contributed by atoms with van der Waals surface area (Å²) in [5.41, 5.74) is 0. The maximum Gasteiger partial charge on any atom is 0.306 e. The molecule has 0 amide bonds. The van der Waals surface area contributed by atoms with Gasteiger partial charge in [-0.15, -0.1) is 0 Å². The molecule has 0 radical (unpaired) electrons. The van der Waals surface area contributed by atoms with E-state index in [9.17, 15) is 14.4 Å². The molecular formula is C71H134O6. The van der Waals surface area contributed by atoms with Crippen LogP contribution in [-0.2, 0) is 28.6 Å². The summed E-state index contributed by atoms with van der Waals surface area (Å²) in [6, 6.07) is 0. The predicted molar refractivity (Wildman–Crippen MR) is 335 cm³/mol. The lowest BCUT2D eigenvalue weighted by molar-refractivity contribution is -0.167. The highest BCUT2D eigenvalue weighted by Crippen LogP contribution is 2.18. The monoisotopic (exact) mass is 1080 g/mol. The van der Waals surface area contributed by atoms with Crippen molar-refractivity contribution < 1.29 is 28.6 Å². The molecule has 0 aliphatic rings. The van der Waals surface area contributed by atoms with Gasteiger partial charge in [0, 0.05) is 19.3 Å². The first-order valence-electron chi connectivity index (χ1n) is 34.8. The number of ether oxygens (including phenoxy) is 3. The number of unbranched alkanes of at least 4 members (excludes halogenated alkanes) is 50. The van der Waals surface area contributed by atoms with E-state index < -0.39 is 6.10 Å². The Morgan fingerprint density at radius 1 is 0.247 bits per heavy atom. The summed E-state index contributed by atoms with van der Waals surface area (Å²) in [5, 5.41) is 0. The maximum absolute atomic E-state index is 12.9. The minimum atomic E-state index is -0.771. The van der Waals surface area contributed by atoms with E-state index in [1.54, 1.807) is 0 Å².